The molecule has 0 aliphatic carbocycles. The molecule has 0 bridgehead atoms. The molecule has 0 aromatic carbocycles. The Kier molecular flexibility index (Phi) is 4.65. The summed E-state index contributed by atoms with van der Waals surface area (Å²) in [5, 5.41) is 7.05. The van der Waals surface area contributed by atoms with Crippen molar-refractivity contribution in [3.05, 3.63) is 39.9 Å². The van der Waals surface area contributed by atoms with E-state index in [2.05, 4.69) is 5.32 Å². The van der Waals surface area contributed by atoms with Crippen LogP contribution in [0.2, 0.25) is 0 Å². The van der Waals surface area contributed by atoms with Crippen molar-refractivity contribution in [3.8, 4) is 0 Å². The molecule has 90 valence electrons. The van der Waals surface area contributed by atoms with Crippen LogP contribution in [0.3, 0.4) is 0 Å². The van der Waals surface area contributed by atoms with E-state index in [0.29, 0.717) is 5.75 Å². The molecule has 0 unspecified atom stereocenters. The Morgan fingerprint density at radius 3 is 2.76 bits per heavy atom. The van der Waals surface area contributed by atoms with Crippen molar-refractivity contribution in [1.82, 2.24) is 5.32 Å². The predicted molar refractivity (Wildman–Crippen MR) is 75.9 cm³/mol. The van der Waals surface area contributed by atoms with Gasteiger partial charge in [-0.05, 0) is 29.8 Å². The summed E-state index contributed by atoms with van der Waals surface area (Å²) in [5.74, 6) is 0.570. The van der Waals surface area contributed by atoms with Gasteiger partial charge in [0.2, 0.25) is 5.91 Å². The molecule has 1 amide bonds. The molecular weight excluding hydrogens is 270 g/mol. The van der Waals surface area contributed by atoms with Gasteiger partial charge in [-0.1, -0.05) is 12.1 Å². The van der Waals surface area contributed by atoms with Crippen LogP contribution in [-0.4, -0.2) is 11.7 Å². The third kappa shape index (κ3) is 3.87. The first-order valence-electron chi connectivity index (χ1n) is 5.25. The molecule has 0 aliphatic heterocycles. The number of thiophene rings is 2. The topological polar surface area (TPSA) is 29.1 Å². The molecule has 2 rings (SSSR count). The Morgan fingerprint density at radius 2 is 2.12 bits per heavy atom. The molecule has 5 heteroatoms. The van der Waals surface area contributed by atoms with E-state index in [1.165, 1.54) is 9.09 Å². The van der Waals surface area contributed by atoms with Crippen molar-refractivity contribution in [2.75, 3.05) is 5.75 Å². The van der Waals surface area contributed by atoms with E-state index < -0.39 is 0 Å². The second kappa shape index (κ2) is 6.23. The molecule has 2 aromatic heterocycles. The highest BCUT2D eigenvalue weighted by Crippen LogP contribution is 2.23. The van der Waals surface area contributed by atoms with Crippen molar-refractivity contribution in [2.24, 2.45) is 0 Å². The summed E-state index contributed by atoms with van der Waals surface area (Å²) >= 11 is 4.92. The average Bonchev–Trinajstić information content (AvgIpc) is 2.99. The van der Waals surface area contributed by atoms with Crippen molar-refractivity contribution < 1.29 is 4.79 Å². The van der Waals surface area contributed by atoms with Crippen LogP contribution in [0.25, 0.3) is 0 Å². The maximum absolute atomic E-state index is 11.7. The molecule has 2 heterocycles. The Labute approximate surface area is 113 Å². The van der Waals surface area contributed by atoms with Gasteiger partial charge in [-0.3, -0.25) is 4.79 Å². The van der Waals surface area contributed by atoms with Gasteiger partial charge in [0.05, 0.1) is 16.0 Å². The maximum atomic E-state index is 11.7. The SMILES string of the molecule is C[C@@H](NC(=O)CSc1cccs1)c1cccs1. The van der Waals surface area contributed by atoms with E-state index in [4.69, 9.17) is 0 Å². The molecule has 0 saturated carbocycles. The number of hydrogen-bond acceptors (Lipinski definition) is 4. The van der Waals surface area contributed by atoms with Gasteiger partial charge >= 0.3 is 0 Å². The molecule has 17 heavy (non-hydrogen) atoms. The van der Waals surface area contributed by atoms with E-state index in [9.17, 15) is 4.79 Å². The smallest absolute Gasteiger partial charge is 0.230 e. The van der Waals surface area contributed by atoms with Crippen molar-refractivity contribution in [2.45, 2.75) is 17.2 Å². The second-order valence-electron chi connectivity index (χ2n) is 3.53. The van der Waals surface area contributed by atoms with Gasteiger partial charge in [-0.25, -0.2) is 0 Å². The highest BCUT2D eigenvalue weighted by atomic mass is 32.2. The fraction of sp³-hybridized carbons (Fsp3) is 0.250. The summed E-state index contributed by atoms with van der Waals surface area (Å²) in [6.45, 7) is 2.01. The predicted octanol–water partition coefficient (Wildman–Crippen LogP) is 3.78. The third-order valence-corrected chi connectivity index (χ3v) is 5.37. The van der Waals surface area contributed by atoms with Gasteiger partial charge in [-0.2, -0.15) is 0 Å². The van der Waals surface area contributed by atoms with Crippen molar-refractivity contribution >= 4 is 40.3 Å². The van der Waals surface area contributed by atoms with Gasteiger partial charge < -0.3 is 5.32 Å². The van der Waals surface area contributed by atoms with Crippen LogP contribution < -0.4 is 5.32 Å². The summed E-state index contributed by atoms with van der Waals surface area (Å²) in [6.07, 6.45) is 0. The van der Waals surface area contributed by atoms with E-state index in [0.717, 1.165) is 0 Å². The van der Waals surface area contributed by atoms with Gasteiger partial charge in [0.15, 0.2) is 0 Å². The normalized spacial score (nSPS) is 12.3. The van der Waals surface area contributed by atoms with Crippen molar-refractivity contribution in [3.63, 3.8) is 0 Å². The number of rotatable bonds is 5. The van der Waals surface area contributed by atoms with Gasteiger partial charge in [0.25, 0.3) is 0 Å². The van der Waals surface area contributed by atoms with E-state index in [1.54, 1.807) is 34.4 Å². The van der Waals surface area contributed by atoms with Crippen LogP contribution >= 0.6 is 34.4 Å². The quantitative estimate of drug-likeness (QED) is 0.846. The number of hydrogen-bond donors (Lipinski definition) is 1. The zero-order valence-electron chi connectivity index (χ0n) is 9.38. The Morgan fingerprint density at radius 1 is 1.35 bits per heavy atom. The van der Waals surface area contributed by atoms with E-state index >= 15 is 0 Å². The standard InChI is InChI=1S/C12H13NOS3/c1-9(10-4-2-6-15-10)13-11(14)8-17-12-5-3-7-16-12/h2-7,9H,8H2,1H3,(H,13,14)/t9-/m1/s1. The van der Waals surface area contributed by atoms with Crippen LogP contribution in [0, 0.1) is 0 Å². The fourth-order valence-corrected chi connectivity index (χ4v) is 3.70. The average molecular weight is 283 g/mol. The number of carbonyl (C=O) groups is 1. The van der Waals surface area contributed by atoms with Gasteiger partial charge in [0, 0.05) is 4.88 Å². The lowest BCUT2D eigenvalue weighted by Crippen LogP contribution is -2.27. The zero-order chi connectivity index (χ0) is 12.1. The first-order chi connectivity index (χ1) is 8.25. The Bertz CT molecular complexity index is 450. The molecule has 0 spiro atoms. The minimum absolute atomic E-state index is 0.0873. The number of nitrogens with one attached hydrogen (secondary N) is 1. The molecule has 0 radical (unpaired) electrons. The van der Waals surface area contributed by atoms with Crippen molar-refractivity contribution in [1.29, 1.82) is 0 Å². The Balaban J connectivity index is 1.77. The minimum atomic E-state index is 0.0873. The summed E-state index contributed by atoms with van der Waals surface area (Å²) in [5.41, 5.74) is 0. The molecule has 1 N–H and O–H groups in total. The molecule has 0 saturated heterocycles. The van der Waals surface area contributed by atoms with E-state index in [-0.39, 0.29) is 11.9 Å². The number of carbonyl (C=O) groups excluding carboxylic acids is 1. The van der Waals surface area contributed by atoms with Crippen LogP contribution in [0.1, 0.15) is 17.8 Å². The summed E-state index contributed by atoms with van der Waals surface area (Å²) in [6, 6.07) is 8.18. The van der Waals surface area contributed by atoms with Crippen LogP contribution in [0.15, 0.2) is 39.2 Å². The first-order valence-corrected chi connectivity index (χ1v) is 7.99. The molecule has 2 nitrogen and oxygen atoms in total. The summed E-state index contributed by atoms with van der Waals surface area (Å²) in [7, 11) is 0. The monoisotopic (exact) mass is 283 g/mol. The second-order valence-corrected chi connectivity index (χ2v) is 6.73. The highest BCUT2D eigenvalue weighted by Gasteiger charge is 2.10. The lowest BCUT2D eigenvalue weighted by molar-refractivity contribution is -0.119. The highest BCUT2D eigenvalue weighted by molar-refractivity contribution is 8.01. The number of amides is 1. The van der Waals surface area contributed by atoms with E-state index in [1.807, 2.05) is 41.9 Å². The maximum Gasteiger partial charge on any atom is 0.230 e. The molecule has 0 aliphatic rings. The lowest BCUT2D eigenvalue weighted by Gasteiger charge is -2.11. The Hall–Kier alpha value is -0.780. The number of thioether (sulfide) groups is 1. The minimum Gasteiger partial charge on any atom is -0.348 e. The molecular formula is C12H13NOS3. The van der Waals surface area contributed by atoms with Crippen LogP contribution in [0.5, 0.6) is 0 Å². The first kappa shape index (κ1) is 12.7. The lowest BCUT2D eigenvalue weighted by atomic mass is 10.3. The van der Waals surface area contributed by atoms with Crippen LogP contribution in [0.4, 0.5) is 0 Å². The van der Waals surface area contributed by atoms with Gasteiger partial charge in [-0.15, -0.1) is 34.4 Å². The summed E-state index contributed by atoms with van der Waals surface area (Å²) in [4.78, 5) is 12.9. The van der Waals surface area contributed by atoms with Gasteiger partial charge in [0.1, 0.15) is 0 Å². The molecule has 1 atom stereocenters. The fourth-order valence-electron chi connectivity index (χ4n) is 1.37. The largest absolute Gasteiger partial charge is 0.348 e. The molecule has 0 fully saturated rings. The van der Waals surface area contributed by atoms with Crippen LogP contribution in [-0.2, 0) is 4.79 Å². The zero-order valence-corrected chi connectivity index (χ0v) is 11.8. The molecule has 2 aromatic rings. The third-order valence-electron chi connectivity index (χ3n) is 2.19. The summed E-state index contributed by atoms with van der Waals surface area (Å²) < 4.78 is 1.18.